The van der Waals surface area contributed by atoms with Gasteiger partial charge in [-0.1, -0.05) is 29.3 Å². The van der Waals surface area contributed by atoms with Gasteiger partial charge >= 0.3 is 0 Å². The average Bonchev–Trinajstić information content (AvgIpc) is 2.52. The van der Waals surface area contributed by atoms with Gasteiger partial charge < -0.3 is 15.0 Å². The largest absolute Gasteiger partial charge is 0.494 e. The van der Waals surface area contributed by atoms with Gasteiger partial charge in [0.15, 0.2) is 18.1 Å². The van der Waals surface area contributed by atoms with E-state index in [1.54, 1.807) is 30.3 Å². The van der Waals surface area contributed by atoms with Crippen molar-refractivity contribution in [2.24, 2.45) is 0 Å². The van der Waals surface area contributed by atoms with Crippen molar-refractivity contribution >= 4 is 34.8 Å². The van der Waals surface area contributed by atoms with Gasteiger partial charge in [-0.25, -0.2) is 4.39 Å². The van der Waals surface area contributed by atoms with E-state index in [0.29, 0.717) is 22.3 Å². The highest BCUT2D eigenvalue weighted by atomic mass is 35.5. The monoisotopic (exact) mass is 371 g/mol. The molecule has 0 spiro atoms. The number of carbonyl (C=O) groups excluding carboxylic acids is 1. The number of ether oxygens (including phenoxy) is 1. The zero-order chi connectivity index (χ0) is 17.7. The molecule has 0 aliphatic carbocycles. The standard InChI is InChI=1S/C17H17Cl2FN2O2/c1-22(9-11-6-7-15(24-2)13(20)8-11)10-16(23)21-14-5-3-4-12(18)17(14)19/h3-8H,9-10H2,1-2H3,(H,21,23)/p+1. The molecule has 1 amide bonds. The van der Waals surface area contributed by atoms with Crippen LogP contribution in [0.3, 0.4) is 0 Å². The molecule has 0 saturated heterocycles. The first-order chi connectivity index (χ1) is 11.4. The summed E-state index contributed by atoms with van der Waals surface area (Å²) in [5, 5.41) is 3.41. The Kier molecular flexibility index (Phi) is 6.43. The highest BCUT2D eigenvalue weighted by molar-refractivity contribution is 6.43. The summed E-state index contributed by atoms with van der Waals surface area (Å²) in [6.07, 6.45) is 0. The van der Waals surface area contributed by atoms with Crippen LogP contribution >= 0.6 is 23.2 Å². The summed E-state index contributed by atoms with van der Waals surface area (Å²) in [7, 11) is 3.27. The van der Waals surface area contributed by atoms with Gasteiger partial charge in [0.1, 0.15) is 6.54 Å². The molecule has 7 heteroatoms. The highest BCUT2D eigenvalue weighted by Gasteiger charge is 2.14. The van der Waals surface area contributed by atoms with E-state index in [1.165, 1.54) is 13.2 Å². The van der Waals surface area contributed by atoms with Crippen LogP contribution in [0.1, 0.15) is 5.56 Å². The van der Waals surface area contributed by atoms with Crippen LogP contribution < -0.4 is 15.0 Å². The molecule has 0 fully saturated rings. The third-order valence-electron chi connectivity index (χ3n) is 3.41. The third kappa shape index (κ3) is 4.84. The molecule has 4 nitrogen and oxygen atoms in total. The Bertz CT molecular complexity index is 741. The number of rotatable bonds is 6. The number of benzene rings is 2. The van der Waals surface area contributed by atoms with Crippen molar-refractivity contribution in [1.82, 2.24) is 0 Å². The molecule has 1 unspecified atom stereocenters. The molecule has 0 bridgehead atoms. The average molecular weight is 372 g/mol. The van der Waals surface area contributed by atoms with Crippen molar-refractivity contribution in [3.8, 4) is 5.75 Å². The maximum atomic E-state index is 13.7. The molecule has 0 aliphatic heterocycles. The summed E-state index contributed by atoms with van der Waals surface area (Å²) in [4.78, 5) is 13.0. The fraction of sp³-hybridized carbons (Fsp3) is 0.235. The van der Waals surface area contributed by atoms with Gasteiger partial charge in [0.05, 0.1) is 29.9 Å². The van der Waals surface area contributed by atoms with Crippen LogP contribution in [0.5, 0.6) is 5.75 Å². The summed E-state index contributed by atoms with van der Waals surface area (Å²) in [5.74, 6) is -0.423. The van der Waals surface area contributed by atoms with Crippen molar-refractivity contribution in [2.45, 2.75) is 6.54 Å². The normalized spacial score (nSPS) is 11.9. The minimum atomic E-state index is -0.419. The van der Waals surface area contributed by atoms with Crippen molar-refractivity contribution in [2.75, 3.05) is 26.0 Å². The van der Waals surface area contributed by atoms with Crippen LogP contribution in [0.2, 0.25) is 10.0 Å². The van der Waals surface area contributed by atoms with E-state index in [0.717, 1.165) is 10.5 Å². The predicted molar refractivity (Wildman–Crippen MR) is 93.5 cm³/mol. The summed E-state index contributed by atoms with van der Waals surface area (Å²) in [5.41, 5.74) is 1.25. The summed E-state index contributed by atoms with van der Waals surface area (Å²) in [6.45, 7) is 0.702. The fourth-order valence-electron chi connectivity index (χ4n) is 2.30. The van der Waals surface area contributed by atoms with Gasteiger partial charge in [-0.15, -0.1) is 0 Å². The van der Waals surface area contributed by atoms with Gasteiger partial charge in [0, 0.05) is 5.56 Å². The predicted octanol–water partition coefficient (Wildman–Crippen LogP) is 2.79. The van der Waals surface area contributed by atoms with Crippen LogP contribution in [-0.4, -0.2) is 26.6 Å². The van der Waals surface area contributed by atoms with Gasteiger partial charge in [-0.2, -0.15) is 0 Å². The lowest BCUT2D eigenvalue weighted by molar-refractivity contribution is -0.885. The molecule has 0 aliphatic rings. The Morgan fingerprint density at radius 1 is 1.29 bits per heavy atom. The van der Waals surface area contributed by atoms with Crippen LogP contribution in [0.4, 0.5) is 10.1 Å². The molecule has 2 rings (SSSR count). The van der Waals surface area contributed by atoms with E-state index in [-0.39, 0.29) is 18.2 Å². The van der Waals surface area contributed by atoms with E-state index in [9.17, 15) is 9.18 Å². The number of hydrogen-bond acceptors (Lipinski definition) is 2. The number of methoxy groups -OCH3 is 1. The number of hydrogen-bond donors (Lipinski definition) is 2. The molecule has 0 saturated carbocycles. The molecule has 2 aromatic rings. The molecule has 0 radical (unpaired) electrons. The summed E-state index contributed by atoms with van der Waals surface area (Å²) < 4.78 is 18.6. The lowest BCUT2D eigenvalue weighted by atomic mass is 10.2. The second-order valence-electron chi connectivity index (χ2n) is 5.43. The molecule has 2 aromatic carbocycles. The molecular weight excluding hydrogens is 354 g/mol. The Morgan fingerprint density at radius 2 is 2.04 bits per heavy atom. The SMILES string of the molecule is COc1ccc(C[NH+](C)CC(=O)Nc2cccc(Cl)c2Cl)cc1F. The molecular formula is C17H18Cl2FN2O2+. The van der Waals surface area contributed by atoms with E-state index in [1.807, 2.05) is 7.05 Å². The lowest BCUT2D eigenvalue weighted by Gasteiger charge is -2.15. The Labute approximate surface area is 150 Å². The van der Waals surface area contributed by atoms with Crippen molar-refractivity contribution in [3.05, 3.63) is 57.8 Å². The molecule has 0 aromatic heterocycles. The van der Waals surface area contributed by atoms with Gasteiger partial charge in [0.25, 0.3) is 5.91 Å². The van der Waals surface area contributed by atoms with Gasteiger partial charge in [-0.05, 0) is 30.3 Å². The Hall–Kier alpha value is -1.82. The number of amides is 1. The number of anilines is 1. The summed E-state index contributed by atoms with van der Waals surface area (Å²) >= 11 is 12.0. The molecule has 1 atom stereocenters. The molecule has 128 valence electrons. The Morgan fingerprint density at radius 3 is 2.71 bits per heavy atom. The number of likely N-dealkylation sites (N-methyl/N-ethyl adjacent to an activating group) is 1. The second kappa shape index (κ2) is 8.33. The number of nitrogens with one attached hydrogen (secondary N) is 2. The molecule has 0 heterocycles. The summed E-state index contributed by atoms with van der Waals surface area (Å²) in [6, 6.07) is 9.80. The van der Waals surface area contributed by atoms with Gasteiger partial charge in [-0.3, -0.25) is 4.79 Å². The van der Waals surface area contributed by atoms with Crippen molar-refractivity contribution in [1.29, 1.82) is 0 Å². The van der Waals surface area contributed by atoms with E-state index in [4.69, 9.17) is 27.9 Å². The highest BCUT2D eigenvalue weighted by Crippen LogP contribution is 2.29. The zero-order valence-corrected chi connectivity index (χ0v) is 14.8. The lowest BCUT2D eigenvalue weighted by Crippen LogP contribution is -3.08. The number of carbonyl (C=O) groups is 1. The maximum Gasteiger partial charge on any atom is 0.279 e. The first-order valence-corrected chi connectivity index (χ1v) is 8.04. The maximum absolute atomic E-state index is 13.7. The third-order valence-corrected chi connectivity index (χ3v) is 4.23. The van der Waals surface area contributed by atoms with E-state index in [2.05, 4.69) is 5.32 Å². The Balaban J connectivity index is 1.94. The van der Waals surface area contributed by atoms with Crippen LogP contribution in [0.25, 0.3) is 0 Å². The number of quaternary nitrogens is 1. The zero-order valence-electron chi connectivity index (χ0n) is 13.3. The minimum absolute atomic E-state index is 0.199. The van der Waals surface area contributed by atoms with Gasteiger partial charge in [0.2, 0.25) is 0 Å². The number of halogens is 3. The van der Waals surface area contributed by atoms with Crippen LogP contribution in [-0.2, 0) is 11.3 Å². The second-order valence-corrected chi connectivity index (χ2v) is 6.21. The van der Waals surface area contributed by atoms with E-state index >= 15 is 0 Å². The quantitative estimate of drug-likeness (QED) is 0.819. The minimum Gasteiger partial charge on any atom is -0.494 e. The smallest absolute Gasteiger partial charge is 0.279 e. The van der Waals surface area contributed by atoms with Crippen molar-refractivity contribution in [3.63, 3.8) is 0 Å². The first-order valence-electron chi connectivity index (χ1n) is 7.28. The molecule has 2 N–H and O–H groups in total. The van der Waals surface area contributed by atoms with Crippen LogP contribution in [0.15, 0.2) is 36.4 Å². The molecule has 24 heavy (non-hydrogen) atoms. The fourth-order valence-corrected chi connectivity index (χ4v) is 2.65. The van der Waals surface area contributed by atoms with E-state index < -0.39 is 5.82 Å². The van der Waals surface area contributed by atoms with Crippen LogP contribution in [0, 0.1) is 5.82 Å². The first kappa shape index (κ1) is 18.5. The topological polar surface area (TPSA) is 42.8 Å². The van der Waals surface area contributed by atoms with Crippen molar-refractivity contribution < 1.29 is 18.8 Å².